The second kappa shape index (κ2) is 16.8. The molecule has 3 rings (SSSR count). The largest absolute Gasteiger partial charge is 0.488 e. The normalized spacial score (nSPS) is 12.5. The first kappa shape index (κ1) is 34.6. The molecule has 0 aliphatic rings. The predicted octanol–water partition coefficient (Wildman–Crippen LogP) is 7.20. The topological polar surface area (TPSA) is 89.5 Å². The van der Waals surface area contributed by atoms with Crippen molar-refractivity contribution in [3.05, 3.63) is 71.8 Å². The Bertz CT molecular complexity index is 1360. The van der Waals surface area contributed by atoms with E-state index in [4.69, 9.17) is 28.4 Å². The summed E-state index contributed by atoms with van der Waals surface area (Å²) in [5, 5.41) is 3.38. The highest BCUT2D eigenvalue weighted by atomic mass is 16.6. The molecule has 0 bridgehead atoms. The van der Waals surface area contributed by atoms with Crippen molar-refractivity contribution in [2.24, 2.45) is 0 Å². The number of aryl methyl sites for hydroxylation is 2. The first-order chi connectivity index (χ1) is 21.0. The van der Waals surface area contributed by atoms with Crippen molar-refractivity contribution in [1.82, 2.24) is 0 Å². The molecule has 2 unspecified atom stereocenters. The fourth-order valence-corrected chi connectivity index (χ4v) is 4.54. The van der Waals surface area contributed by atoms with Crippen LogP contribution < -0.4 is 9.47 Å². The maximum atomic E-state index is 12.2. The summed E-state index contributed by atoms with van der Waals surface area (Å²) in [6, 6.07) is 12.1. The van der Waals surface area contributed by atoms with E-state index in [2.05, 4.69) is 13.2 Å². The van der Waals surface area contributed by atoms with Crippen LogP contribution in [0.3, 0.4) is 0 Å². The van der Waals surface area contributed by atoms with Gasteiger partial charge in [0, 0.05) is 34.4 Å². The second-order valence-electron chi connectivity index (χ2n) is 11.3. The Morgan fingerprint density at radius 2 is 1.02 bits per heavy atom. The molecule has 8 heteroatoms. The lowest BCUT2D eigenvalue weighted by Crippen LogP contribution is -2.30. The SMILES string of the molecule is C=C(C)COCC(COc1c2ccc(C)cc2c(OCC(COCC(=C)C)OC(=O)CC)c2ccc(C)cc12)OC(=O)CC. The lowest BCUT2D eigenvalue weighted by atomic mass is 9.97. The highest BCUT2D eigenvalue weighted by Crippen LogP contribution is 2.43. The summed E-state index contributed by atoms with van der Waals surface area (Å²) < 4.78 is 35.7. The first-order valence-corrected chi connectivity index (χ1v) is 15.1. The van der Waals surface area contributed by atoms with Crippen molar-refractivity contribution in [2.75, 3.05) is 39.6 Å². The van der Waals surface area contributed by atoms with Crippen LogP contribution in [0, 0.1) is 13.8 Å². The zero-order valence-electron chi connectivity index (χ0n) is 27.0. The Morgan fingerprint density at radius 3 is 1.36 bits per heavy atom. The number of hydrogen-bond donors (Lipinski definition) is 0. The summed E-state index contributed by atoms with van der Waals surface area (Å²) in [5.74, 6) is 0.658. The Morgan fingerprint density at radius 1 is 0.636 bits per heavy atom. The van der Waals surface area contributed by atoms with E-state index in [1.807, 2.05) is 64.1 Å². The van der Waals surface area contributed by atoms with Gasteiger partial charge in [0.15, 0.2) is 12.2 Å². The maximum absolute atomic E-state index is 12.2. The van der Waals surface area contributed by atoms with Crippen LogP contribution in [0.4, 0.5) is 0 Å². The Kier molecular flexibility index (Phi) is 13.2. The van der Waals surface area contributed by atoms with Crippen molar-refractivity contribution < 1.29 is 38.0 Å². The van der Waals surface area contributed by atoms with E-state index >= 15 is 0 Å². The zero-order chi connectivity index (χ0) is 32.2. The van der Waals surface area contributed by atoms with E-state index in [-0.39, 0.29) is 51.2 Å². The van der Waals surface area contributed by atoms with Crippen LogP contribution in [0.15, 0.2) is 60.7 Å². The molecular formula is C36H46O8. The van der Waals surface area contributed by atoms with Crippen LogP contribution >= 0.6 is 0 Å². The number of fused-ring (bicyclic) bond motifs is 2. The van der Waals surface area contributed by atoms with E-state index in [0.29, 0.717) is 24.7 Å². The van der Waals surface area contributed by atoms with Gasteiger partial charge in [-0.2, -0.15) is 0 Å². The van der Waals surface area contributed by atoms with Gasteiger partial charge < -0.3 is 28.4 Å². The van der Waals surface area contributed by atoms with E-state index in [9.17, 15) is 9.59 Å². The van der Waals surface area contributed by atoms with Gasteiger partial charge in [-0.3, -0.25) is 9.59 Å². The molecule has 0 spiro atoms. The van der Waals surface area contributed by atoms with Gasteiger partial charge in [-0.15, -0.1) is 0 Å². The Hall–Kier alpha value is -3.88. The summed E-state index contributed by atoms with van der Waals surface area (Å²) in [6.07, 6.45) is -0.710. The Balaban J connectivity index is 2.01. The number of carbonyl (C=O) groups is 2. The lowest BCUT2D eigenvalue weighted by Gasteiger charge is -2.23. The van der Waals surface area contributed by atoms with Gasteiger partial charge in [0.1, 0.15) is 24.7 Å². The minimum absolute atomic E-state index is 0.100. The third kappa shape index (κ3) is 10.1. The third-order valence-corrected chi connectivity index (χ3v) is 6.63. The van der Waals surface area contributed by atoms with Crippen molar-refractivity contribution in [3.63, 3.8) is 0 Å². The fraction of sp³-hybridized carbons (Fsp3) is 0.444. The van der Waals surface area contributed by atoms with Gasteiger partial charge in [-0.05, 0) is 39.8 Å². The number of esters is 2. The molecule has 0 heterocycles. The molecule has 2 atom stereocenters. The van der Waals surface area contributed by atoms with Gasteiger partial charge in [-0.25, -0.2) is 0 Å². The van der Waals surface area contributed by atoms with Crippen molar-refractivity contribution >= 4 is 33.5 Å². The number of rotatable bonds is 18. The molecular weight excluding hydrogens is 560 g/mol. The molecule has 0 N–H and O–H groups in total. The highest BCUT2D eigenvalue weighted by Gasteiger charge is 2.22. The average Bonchev–Trinajstić information content (AvgIpc) is 2.97. The Labute approximate surface area is 260 Å². The quantitative estimate of drug-likeness (QED) is 0.0854. The van der Waals surface area contributed by atoms with Crippen molar-refractivity contribution in [1.29, 1.82) is 0 Å². The van der Waals surface area contributed by atoms with Crippen LogP contribution in [-0.2, 0) is 28.5 Å². The molecule has 0 aliphatic heterocycles. The van der Waals surface area contributed by atoms with E-state index < -0.39 is 12.2 Å². The van der Waals surface area contributed by atoms with E-state index in [0.717, 1.165) is 43.8 Å². The van der Waals surface area contributed by atoms with Crippen LogP contribution in [0.2, 0.25) is 0 Å². The lowest BCUT2D eigenvalue weighted by molar-refractivity contribution is -0.154. The fourth-order valence-electron chi connectivity index (χ4n) is 4.54. The second-order valence-corrected chi connectivity index (χ2v) is 11.3. The van der Waals surface area contributed by atoms with E-state index in [1.54, 1.807) is 13.8 Å². The van der Waals surface area contributed by atoms with Gasteiger partial charge in [0.05, 0.1) is 26.4 Å². The van der Waals surface area contributed by atoms with E-state index in [1.165, 1.54) is 0 Å². The smallest absolute Gasteiger partial charge is 0.305 e. The predicted molar refractivity (Wildman–Crippen MR) is 174 cm³/mol. The van der Waals surface area contributed by atoms with Crippen molar-refractivity contribution in [2.45, 2.75) is 66.6 Å². The first-order valence-electron chi connectivity index (χ1n) is 15.1. The molecule has 44 heavy (non-hydrogen) atoms. The minimum atomic E-state index is -0.605. The summed E-state index contributed by atoms with van der Waals surface area (Å²) in [7, 11) is 0. The average molecular weight is 607 g/mol. The molecule has 0 aromatic heterocycles. The monoisotopic (exact) mass is 606 g/mol. The highest BCUT2D eigenvalue weighted by molar-refractivity contribution is 6.11. The summed E-state index contributed by atoms with van der Waals surface area (Å²) in [6.45, 7) is 20.3. The third-order valence-electron chi connectivity index (χ3n) is 6.63. The number of benzene rings is 3. The van der Waals surface area contributed by atoms with Crippen LogP contribution in [0.25, 0.3) is 21.5 Å². The van der Waals surface area contributed by atoms with Crippen molar-refractivity contribution in [3.8, 4) is 11.5 Å². The molecule has 3 aromatic rings. The summed E-state index contributed by atoms with van der Waals surface area (Å²) in [4.78, 5) is 24.4. The summed E-state index contributed by atoms with van der Waals surface area (Å²) >= 11 is 0. The molecule has 3 aromatic carbocycles. The molecule has 0 saturated carbocycles. The van der Waals surface area contributed by atoms with Gasteiger partial charge in [-0.1, -0.05) is 73.5 Å². The molecule has 8 nitrogen and oxygen atoms in total. The van der Waals surface area contributed by atoms with Gasteiger partial charge in [0.2, 0.25) is 0 Å². The van der Waals surface area contributed by atoms with Gasteiger partial charge >= 0.3 is 11.9 Å². The molecule has 238 valence electrons. The van der Waals surface area contributed by atoms with Gasteiger partial charge in [0.25, 0.3) is 0 Å². The summed E-state index contributed by atoms with van der Waals surface area (Å²) in [5.41, 5.74) is 3.83. The molecule has 0 amide bonds. The molecule has 0 radical (unpaired) electrons. The number of carbonyl (C=O) groups excluding carboxylic acids is 2. The number of ether oxygens (including phenoxy) is 6. The number of hydrogen-bond acceptors (Lipinski definition) is 8. The van der Waals surface area contributed by atoms with Crippen LogP contribution in [-0.4, -0.2) is 63.8 Å². The molecule has 0 fully saturated rings. The minimum Gasteiger partial charge on any atom is -0.488 e. The zero-order valence-corrected chi connectivity index (χ0v) is 27.0. The van der Waals surface area contributed by atoms with Crippen LogP contribution in [0.1, 0.15) is 51.7 Å². The molecule has 0 saturated heterocycles. The molecule has 0 aliphatic carbocycles. The maximum Gasteiger partial charge on any atom is 0.305 e. The van der Waals surface area contributed by atoms with Crippen LogP contribution in [0.5, 0.6) is 11.5 Å². The standard InChI is InChI=1S/C36H46O8/c1-9-33(37)43-27(19-39-17-23(3)4)21-41-35-29-13-11-26(8)16-32(29)36(30-14-12-25(7)15-31(30)35)42-22-28(44-34(38)10-2)20-40-18-24(5)6/h11-16,27-28H,3,5,9-10,17-22H2,1-2,4,6-8H3.